The number of ether oxygens (including phenoxy) is 1. The van der Waals surface area contributed by atoms with Crippen LogP contribution in [0.2, 0.25) is 0 Å². The molecule has 6 nitrogen and oxygen atoms in total. The Labute approximate surface area is 112 Å². The van der Waals surface area contributed by atoms with Crippen molar-refractivity contribution in [2.75, 3.05) is 26.3 Å². The molecule has 2 aliphatic heterocycles. The fourth-order valence-electron chi connectivity index (χ4n) is 3.18. The molecule has 2 heterocycles. The second-order valence-corrected chi connectivity index (χ2v) is 6.05. The molecular weight excluding hydrogens is 246 g/mol. The minimum absolute atomic E-state index is 0.0657. The number of carbonyl (C=O) groups excluding carboxylic acids is 2. The molecule has 2 saturated heterocycles. The van der Waals surface area contributed by atoms with Gasteiger partial charge in [-0.3, -0.25) is 9.69 Å². The van der Waals surface area contributed by atoms with Gasteiger partial charge in [-0.15, -0.1) is 0 Å². The monoisotopic (exact) mass is 267 g/mol. The van der Waals surface area contributed by atoms with Gasteiger partial charge >= 0.3 is 6.03 Å². The molecule has 0 aromatic carbocycles. The van der Waals surface area contributed by atoms with Crippen molar-refractivity contribution in [3.8, 4) is 0 Å². The lowest BCUT2D eigenvalue weighted by atomic mass is 9.90. The van der Waals surface area contributed by atoms with Gasteiger partial charge in [-0.25, -0.2) is 4.79 Å². The molecule has 0 aromatic heterocycles. The van der Waals surface area contributed by atoms with Crippen molar-refractivity contribution in [3.05, 3.63) is 0 Å². The molecule has 1 spiro atoms. The van der Waals surface area contributed by atoms with Gasteiger partial charge in [0.15, 0.2) is 0 Å². The molecule has 3 fully saturated rings. The zero-order chi connectivity index (χ0) is 13.5. The Hall–Kier alpha value is -1.14. The quantitative estimate of drug-likeness (QED) is 0.713. The van der Waals surface area contributed by atoms with Crippen LogP contribution < -0.4 is 11.1 Å². The maximum atomic E-state index is 12.6. The van der Waals surface area contributed by atoms with Gasteiger partial charge in [0.25, 0.3) is 5.91 Å². The Morgan fingerprint density at radius 2 is 1.89 bits per heavy atom. The van der Waals surface area contributed by atoms with Crippen LogP contribution in [0.3, 0.4) is 0 Å². The first-order valence-corrected chi connectivity index (χ1v) is 7.03. The highest BCUT2D eigenvalue weighted by Crippen LogP contribution is 2.49. The Bertz CT molecular complexity index is 400. The minimum atomic E-state index is -0.700. The molecule has 19 heavy (non-hydrogen) atoms. The molecule has 0 aromatic rings. The molecule has 0 atom stereocenters. The van der Waals surface area contributed by atoms with E-state index in [1.807, 2.05) is 0 Å². The van der Waals surface area contributed by atoms with Crippen molar-refractivity contribution in [2.24, 2.45) is 11.1 Å². The fourth-order valence-corrected chi connectivity index (χ4v) is 3.18. The number of nitrogens with two attached hydrogens (primary N) is 1. The maximum Gasteiger partial charge on any atom is 0.325 e. The Balaban J connectivity index is 1.72. The molecule has 1 aliphatic carbocycles. The number of amides is 3. The summed E-state index contributed by atoms with van der Waals surface area (Å²) in [4.78, 5) is 26.1. The van der Waals surface area contributed by atoms with Crippen molar-refractivity contribution in [3.63, 3.8) is 0 Å². The summed E-state index contributed by atoms with van der Waals surface area (Å²) < 4.78 is 5.29. The van der Waals surface area contributed by atoms with Gasteiger partial charge in [0.05, 0.1) is 0 Å². The van der Waals surface area contributed by atoms with Crippen LogP contribution in [0.5, 0.6) is 0 Å². The first kappa shape index (κ1) is 12.9. The number of nitrogens with zero attached hydrogens (tertiary/aromatic N) is 1. The Kier molecular flexibility index (Phi) is 3.02. The molecule has 3 aliphatic rings. The standard InChI is InChI=1S/C13H21N3O3/c14-6-3-12(1-2-12)9-16-10(17)13(15-11(16)18)4-7-19-8-5-13/h1-9,14H2,(H,15,18). The molecule has 3 rings (SSSR count). The summed E-state index contributed by atoms with van der Waals surface area (Å²) in [5.74, 6) is -0.0657. The van der Waals surface area contributed by atoms with E-state index in [-0.39, 0.29) is 17.4 Å². The molecule has 0 radical (unpaired) electrons. The van der Waals surface area contributed by atoms with Crippen LogP contribution in [0.25, 0.3) is 0 Å². The summed E-state index contributed by atoms with van der Waals surface area (Å²) in [6, 6.07) is -0.241. The fraction of sp³-hybridized carbons (Fsp3) is 0.846. The van der Waals surface area contributed by atoms with Crippen LogP contribution in [0.4, 0.5) is 4.79 Å². The van der Waals surface area contributed by atoms with Gasteiger partial charge < -0.3 is 15.8 Å². The van der Waals surface area contributed by atoms with Crippen LogP contribution in [0.15, 0.2) is 0 Å². The summed E-state index contributed by atoms with van der Waals surface area (Å²) in [5.41, 5.74) is 5.01. The molecule has 3 N–H and O–H groups in total. The van der Waals surface area contributed by atoms with Crippen molar-refractivity contribution in [1.82, 2.24) is 10.2 Å². The highest BCUT2D eigenvalue weighted by molar-refractivity contribution is 6.07. The van der Waals surface area contributed by atoms with Crippen LogP contribution in [-0.4, -0.2) is 48.7 Å². The van der Waals surface area contributed by atoms with E-state index in [0.29, 0.717) is 39.1 Å². The average molecular weight is 267 g/mol. The lowest BCUT2D eigenvalue weighted by Gasteiger charge is -2.30. The van der Waals surface area contributed by atoms with Gasteiger partial charge in [0, 0.05) is 32.6 Å². The van der Waals surface area contributed by atoms with E-state index >= 15 is 0 Å². The van der Waals surface area contributed by atoms with Crippen molar-refractivity contribution in [1.29, 1.82) is 0 Å². The maximum absolute atomic E-state index is 12.6. The first-order valence-electron chi connectivity index (χ1n) is 7.03. The molecule has 0 unspecified atom stereocenters. The molecule has 6 heteroatoms. The summed E-state index contributed by atoms with van der Waals surface area (Å²) in [6.45, 7) is 2.21. The summed E-state index contributed by atoms with van der Waals surface area (Å²) in [6.07, 6.45) is 4.19. The number of nitrogens with one attached hydrogen (secondary N) is 1. The van der Waals surface area contributed by atoms with Gasteiger partial charge in [0.2, 0.25) is 0 Å². The number of rotatable bonds is 4. The van der Waals surface area contributed by atoms with E-state index in [9.17, 15) is 9.59 Å². The number of carbonyl (C=O) groups is 2. The SMILES string of the molecule is NCCC1(CN2C(=O)NC3(CCOCC3)C2=O)CC1. The van der Waals surface area contributed by atoms with Crippen molar-refractivity contribution >= 4 is 11.9 Å². The number of urea groups is 1. The van der Waals surface area contributed by atoms with Crippen LogP contribution >= 0.6 is 0 Å². The second-order valence-electron chi connectivity index (χ2n) is 6.05. The molecule has 106 valence electrons. The third-order valence-corrected chi connectivity index (χ3v) is 4.72. The molecule has 3 amide bonds. The number of imide groups is 1. The summed E-state index contributed by atoms with van der Waals surface area (Å²) in [7, 11) is 0. The minimum Gasteiger partial charge on any atom is -0.381 e. The van der Waals surface area contributed by atoms with Gasteiger partial charge in [-0.2, -0.15) is 0 Å². The normalized spacial score (nSPS) is 27.7. The first-order chi connectivity index (χ1) is 9.11. The highest BCUT2D eigenvalue weighted by Gasteiger charge is 2.55. The van der Waals surface area contributed by atoms with E-state index in [4.69, 9.17) is 10.5 Å². The van der Waals surface area contributed by atoms with Crippen molar-refractivity contribution < 1.29 is 14.3 Å². The highest BCUT2D eigenvalue weighted by atomic mass is 16.5. The predicted octanol–water partition coefficient (Wildman–Crippen LogP) is 0.216. The van der Waals surface area contributed by atoms with E-state index in [1.165, 1.54) is 4.90 Å². The Morgan fingerprint density at radius 1 is 1.21 bits per heavy atom. The van der Waals surface area contributed by atoms with Crippen LogP contribution in [0.1, 0.15) is 32.1 Å². The smallest absolute Gasteiger partial charge is 0.325 e. The summed E-state index contributed by atoms with van der Waals surface area (Å²) >= 11 is 0. The van der Waals surface area contributed by atoms with E-state index in [0.717, 1.165) is 19.3 Å². The Morgan fingerprint density at radius 3 is 2.47 bits per heavy atom. The third-order valence-electron chi connectivity index (χ3n) is 4.72. The average Bonchev–Trinajstić information content (AvgIpc) is 3.12. The van der Waals surface area contributed by atoms with Crippen molar-refractivity contribution in [2.45, 2.75) is 37.6 Å². The third kappa shape index (κ3) is 2.12. The zero-order valence-corrected chi connectivity index (χ0v) is 11.1. The van der Waals surface area contributed by atoms with E-state index in [1.54, 1.807) is 0 Å². The van der Waals surface area contributed by atoms with E-state index in [2.05, 4.69) is 5.32 Å². The number of hydrogen-bond acceptors (Lipinski definition) is 4. The lowest BCUT2D eigenvalue weighted by molar-refractivity contribution is -0.135. The molecule has 1 saturated carbocycles. The van der Waals surface area contributed by atoms with Gasteiger partial charge in [-0.05, 0) is 31.2 Å². The van der Waals surface area contributed by atoms with Gasteiger partial charge in [-0.1, -0.05) is 0 Å². The number of hydrogen-bond donors (Lipinski definition) is 2. The molecular formula is C13H21N3O3. The summed E-state index contributed by atoms with van der Waals surface area (Å²) in [5, 5.41) is 2.89. The predicted molar refractivity (Wildman–Crippen MR) is 68.4 cm³/mol. The van der Waals surface area contributed by atoms with Crippen LogP contribution in [-0.2, 0) is 9.53 Å². The van der Waals surface area contributed by atoms with Gasteiger partial charge in [0.1, 0.15) is 5.54 Å². The topological polar surface area (TPSA) is 84.7 Å². The van der Waals surface area contributed by atoms with Crippen LogP contribution in [0, 0.1) is 5.41 Å². The zero-order valence-electron chi connectivity index (χ0n) is 11.1. The lowest BCUT2D eigenvalue weighted by Crippen LogP contribution is -2.51. The second kappa shape index (κ2) is 4.45. The largest absolute Gasteiger partial charge is 0.381 e. The van der Waals surface area contributed by atoms with E-state index < -0.39 is 5.54 Å². The molecule has 0 bridgehead atoms.